The molecule has 2 aromatic rings. The Labute approximate surface area is 108 Å². The van der Waals surface area contributed by atoms with Crippen molar-refractivity contribution in [2.45, 2.75) is 32.4 Å². The van der Waals surface area contributed by atoms with Crippen LogP contribution in [0.25, 0.3) is 0 Å². The van der Waals surface area contributed by atoms with Crippen LogP contribution in [0.2, 0.25) is 0 Å². The molecule has 1 atom stereocenters. The van der Waals surface area contributed by atoms with Gasteiger partial charge in [-0.2, -0.15) is 5.10 Å². The van der Waals surface area contributed by atoms with Gasteiger partial charge in [-0.3, -0.25) is 4.68 Å². The third-order valence-corrected chi connectivity index (χ3v) is 3.55. The summed E-state index contributed by atoms with van der Waals surface area (Å²) in [5.41, 5.74) is 4.14. The van der Waals surface area contributed by atoms with Crippen LogP contribution < -0.4 is 5.32 Å². The topological polar surface area (TPSA) is 29.9 Å². The van der Waals surface area contributed by atoms with Gasteiger partial charge in [-0.25, -0.2) is 0 Å². The van der Waals surface area contributed by atoms with Crippen LogP contribution in [0.5, 0.6) is 0 Å². The lowest BCUT2D eigenvalue weighted by Gasteiger charge is -2.26. The summed E-state index contributed by atoms with van der Waals surface area (Å²) in [5.74, 6) is 0. The van der Waals surface area contributed by atoms with E-state index in [2.05, 4.69) is 47.8 Å². The third-order valence-electron chi connectivity index (χ3n) is 3.55. The average molecular weight is 241 g/mol. The highest BCUT2D eigenvalue weighted by Crippen LogP contribution is 2.28. The van der Waals surface area contributed by atoms with Crippen molar-refractivity contribution in [1.29, 1.82) is 0 Å². The summed E-state index contributed by atoms with van der Waals surface area (Å²) in [6, 6.07) is 9.01. The summed E-state index contributed by atoms with van der Waals surface area (Å²) in [7, 11) is 0. The van der Waals surface area contributed by atoms with E-state index in [-0.39, 0.29) is 0 Å². The van der Waals surface area contributed by atoms with Crippen LogP contribution in [0.1, 0.15) is 36.1 Å². The van der Waals surface area contributed by atoms with Crippen LogP contribution in [0.3, 0.4) is 0 Å². The molecule has 94 valence electrons. The number of fused-ring (bicyclic) bond motifs is 1. The number of rotatable bonds is 3. The van der Waals surface area contributed by atoms with Gasteiger partial charge in [-0.1, -0.05) is 31.2 Å². The molecule has 0 fully saturated rings. The molecule has 1 aliphatic heterocycles. The standard InChI is InChI=1S/C15H19N3/c1-2-9-18-11-13(10-17-18)15-14-6-4-3-5-12(14)7-8-16-15/h3-6,10-11,15-16H,2,7-9H2,1H3. The number of nitrogens with one attached hydrogen (secondary N) is 1. The second-order valence-electron chi connectivity index (χ2n) is 4.87. The Morgan fingerprint density at radius 2 is 2.28 bits per heavy atom. The Hall–Kier alpha value is -1.61. The van der Waals surface area contributed by atoms with Crippen LogP contribution in [0.15, 0.2) is 36.7 Å². The van der Waals surface area contributed by atoms with E-state index < -0.39 is 0 Å². The number of benzene rings is 1. The van der Waals surface area contributed by atoms with Gasteiger partial charge < -0.3 is 5.32 Å². The Kier molecular flexibility index (Phi) is 3.15. The van der Waals surface area contributed by atoms with Crippen LogP contribution >= 0.6 is 0 Å². The molecule has 0 spiro atoms. The van der Waals surface area contributed by atoms with Gasteiger partial charge in [0, 0.05) is 24.8 Å². The second-order valence-corrected chi connectivity index (χ2v) is 4.87. The highest BCUT2D eigenvalue weighted by molar-refractivity contribution is 5.38. The number of aryl methyl sites for hydroxylation is 1. The van der Waals surface area contributed by atoms with Gasteiger partial charge in [-0.05, 0) is 24.0 Å². The molecule has 0 saturated heterocycles. The first-order valence-corrected chi connectivity index (χ1v) is 6.72. The highest BCUT2D eigenvalue weighted by atomic mass is 15.3. The Bertz CT molecular complexity index is 530. The summed E-state index contributed by atoms with van der Waals surface area (Å²) in [4.78, 5) is 0. The van der Waals surface area contributed by atoms with Crippen LogP contribution in [-0.2, 0) is 13.0 Å². The van der Waals surface area contributed by atoms with Crippen molar-refractivity contribution in [3.8, 4) is 0 Å². The summed E-state index contributed by atoms with van der Waals surface area (Å²) >= 11 is 0. The molecule has 1 N–H and O–H groups in total. The number of hydrogen-bond acceptors (Lipinski definition) is 2. The van der Waals surface area contributed by atoms with Crippen molar-refractivity contribution in [1.82, 2.24) is 15.1 Å². The molecule has 0 amide bonds. The Morgan fingerprint density at radius 3 is 3.17 bits per heavy atom. The van der Waals surface area contributed by atoms with Gasteiger partial charge >= 0.3 is 0 Å². The molecule has 0 radical (unpaired) electrons. The van der Waals surface area contributed by atoms with E-state index in [0.717, 1.165) is 25.9 Å². The minimum atomic E-state index is 0.306. The van der Waals surface area contributed by atoms with E-state index >= 15 is 0 Å². The van der Waals surface area contributed by atoms with Gasteiger partial charge in [0.1, 0.15) is 0 Å². The Balaban J connectivity index is 1.92. The van der Waals surface area contributed by atoms with Crippen LogP contribution in [0.4, 0.5) is 0 Å². The summed E-state index contributed by atoms with van der Waals surface area (Å²) in [6.07, 6.45) is 6.41. The van der Waals surface area contributed by atoms with Gasteiger partial charge in [0.25, 0.3) is 0 Å². The largest absolute Gasteiger partial charge is 0.306 e. The van der Waals surface area contributed by atoms with Crippen molar-refractivity contribution in [2.75, 3.05) is 6.54 Å². The third kappa shape index (κ3) is 2.06. The molecule has 1 aliphatic rings. The number of hydrogen-bond donors (Lipinski definition) is 1. The molecule has 1 unspecified atom stereocenters. The second kappa shape index (κ2) is 4.94. The van der Waals surface area contributed by atoms with E-state index in [1.807, 2.05) is 10.9 Å². The van der Waals surface area contributed by atoms with E-state index in [1.54, 1.807) is 0 Å². The fourth-order valence-electron chi connectivity index (χ4n) is 2.68. The van der Waals surface area contributed by atoms with Crippen LogP contribution in [0, 0.1) is 0 Å². The fourth-order valence-corrected chi connectivity index (χ4v) is 2.68. The predicted octanol–water partition coefficient (Wildman–Crippen LogP) is 2.53. The average Bonchev–Trinajstić information content (AvgIpc) is 2.87. The summed E-state index contributed by atoms with van der Waals surface area (Å²) < 4.78 is 2.04. The van der Waals surface area contributed by atoms with Gasteiger partial charge in [0.2, 0.25) is 0 Å². The van der Waals surface area contributed by atoms with E-state index in [9.17, 15) is 0 Å². The number of aromatic nitrogens is 2. The van der Waals surface area contributed by atoms with Crippen molar-refractivity contribution >= 4 is 0 Å². The molecular weight excluding hydrogens is 222 g/mol. The van der Waals surface area contributed by atoms with Gasteiger partial charge in [0.05, 0.1) is 12.2 Å². The quantitative estimate of drug-likeness (QED) is 0.895. The molecule has 2 heterocycles. The number of nitrogens with zero attached hydrogens (tertiary/aromatic N) is 2. The molecule has 0 saturated carbocycles. The lowest BCUT2D eigenvalue weighted by Crippen LogP contribution is -2.30. The smallest absolute Gasteiger partial charge is 0.0610 e. The molecule has 1 aromatic carbocycles. The first-order chi connectivity index (χ1) is 8.88. The maximum Gasteiger partial charge on any atom is 0.0610 e. The van der Waals surface area contributed by atoms with Crippen molar-refractivity contribution in [2.24, 2.45) is 0 Å². The lowest BCUT2D eigenvalue weighted by molar-refractivity contribution is 0.564. The minimum Gasteiger partial charge on any atom is -0.306 e. The predicted molar refractivity (Wildman–Crippen MR) is 72.5 cm³/mol. The molecular formula is C15H19N3. The summed E-state index contributed by atoms with van der Waals surface area (Å²) in [5, 5.41) is 8.02. The van der Waals surface area contributed by atoms with Gasteiger partial charge in [-0.15, -0.1) is 0 Å². The van der Waals surface area contributed by atoms with E-state index in [4.69, 9.17) is 0 Å². The first kappa shape index (κ1) is 11.5. The maximum atomic E-state index is 4.43. The zero-order valence-electron chi connectivity index (χ0n) is 10.8. The molecule has 1 aromatic heterocycles. The molecule has 3 heteroatoms. The van der Waals surface area contributed by atoms with Crippen molar-refractivity contribution in [3.63, 3.8) is 0 Å². The van der Waals surface area contributed by atoms with E-state index in [1.165, 1.54) is 16.7 Å². The monoisotopic (exact) mass is 241 g/mol. The van der Waals surface area contributed by atoms with Gasteiger partial charge in [0.15, 0.2) is 0 Å². The maximum absolute atomic E-state index is 4.43. The molecule has 3 rings (SSSR count). The van der Waals surface area contributed by atoms with Crippen molar-refractivity contribution < 1.29 is 0 Å². The summed E-state index contributed by atoms with van der Waals surface area (Å²) in [6.45, 7) is 4.21. The highest BCUT2D eigenvalue weighted by Gasteiger charge is 2.21. The normalized spacial score (nSPS) is 18.6. The molecule has 3 nitrogen and oxygen atoms in total. The Morgan fingerprint density at radius 1 is 1.39 bits per heavy atom. The molecule has 18 heavy (non-hydrogen) atoms. The van der Waals surface area contributed by atoms with Crippen molar-refractivity contribution in [3.05, 3.63) is 53.3 Å². The minimum absolute atomic E-state index is 0.306. The zero-order valence-corrected chi connectivity index (χ0v) is 10.8. The molecule has 0 bridgehead atoms. The lowest BCUT2D eigenvalue weighted by atomic mass is 9.91. The fraction of sp³-hybridized carbons (Fsp3) is 0.400. The van der Waals surface area contributed by atoms with Crippen LogP contribution in [-0.4, -0.2) is 16.3 Å². The van der Waals surface area contributed by atoms with E-state index in [0.29, 0.717) is 6.04 Å². The molecule has 0 aliphatic carbocycles. The SMILES string of the molecule is CCCn1cc(C2NCCc3ccccc32)cn1. The first-order valence-electron chi connectivity index (χ1n) is 6.72. The zero-order chi connectivity index (χ0) is 12.4.